The van der Waals surface area contributed by atoms with Gasteiger partial charge in [-0.2, -0.15) is 0 Å². The van der Waals surface area contributed by atoms with E-state index in [0.717, 1.165) is 0 Å². The van der Waals surface area contributed by atoms with Gasteiger partial charge >= 0.3 is 6.09 Å². The molecule has 1 amide bonds. The molecule has 3 heterocycles. The van der Waals surface area contributed by atoms with E-state index < -0.39 is 23.6 Å². The molecule has 8 nitrogen and oxygen atoms in total. The lowest BCUT2D eigenvalue weighted by Gasteiger charge is -2.36. The van der Waals surface area contributed by atoms with Gasteiger partial charge in [-0.15, -0.1) is 5.10 Å². The van der Waals surface area contributed by atoms with Crippen molar-refractivity contribution in [1.29, 1.82) is 0 Å². The molecule has 1 aliphatic rings. The van der Waals surface area contributed by atoms with Crippen LogP contribution in [0.5, 0.6) is 0 Å². The van der Waals surface area contributed by atoms with Crippen LogP contribution in [0.3, 0.4) is 0 Å². The number of carbonyl (C=O) groups excluding carboxylic acids is 1. The molecule has 0 unspecified atom stereocenters. The Kier molecular flexibility index (Phi) is 5.07. The van der Waals surface area contributed by atoms with E-state index in [9.17, 15) is 14.3 Å². The van der Waals surface area contributed by atoms with Crippen LogP contribution in [0.2, 0.25) is 0 Å². The van der Waals surface area contributed by atoms with E-state index in [2.05, 4.69) is 31.3 Å². The van der Waals surface area contributed by atoms with Gasteiger partial charge in [0.25, 0.3) is 0 Å². The maximum atomic E-state index is 13.7. The van der Waals surface area contributed by atoms with Crippen molar-refractivity contribution in [3.05, 3.63) is 22.7 Å². The van der Waals surface area contributed by atoms with E-state index in [-0.39, 0.29) is 24.1 Å². The smallest absolute Gasteiger partial charge is 0.410 e. The summed E-state index contributed by atoms with van der Waals surface area (Å²) in [6, 6.07) is 0.979. The lowest BCUT2D eigenvalue weighted by atomic mass is 10.0. The van der Waals surface area contributed by atoms with Gasteiger partial charge in [-0.3, -0.25) is 0 Å². The van der Waals surface area contributed by atoms with E-state index >= 15 is 0 Å². The number of carbonyl (C=O) groups is 1. The summed E-state index contributed by atoms with van der Waals surface area (Å²) >= 11 is 3.23. The Labute approximate surface area is 158 Å². The second kappa shape index (κ2) is 6.99. The number of aliphatic hydroxyl groups is 1. The summed E-state index contributed by atoms with van der Waals surface area (Å²) in [6.07, 6.45) is 0.625. The molecule has 2 N–H and O–H groups in total. The zero-order valence-corrected chi connectivity index (χ0v) is 16.3. The highest BCUT2D eigenvalue weighted by Crippen LogP contribution is 2.21. The van der Waals surface area contributed by atoms with Crippen LogP contribution in [0.4, 0.5) is 15.1 Å². The third-order valence-corrected chi connectivity index (χ3v) is 4.54. The SMILES string of the molecule is CC(C)(C)OC(=O)N1CC[C@@H](Nc2ncc3c(F)cc(Br)n3n2)[C@H](O)C1. The number of halogens is 2. The Morgan fingerprint density at radius 1 is 1.50 bits per heavy atom. The fourth-order valence-electron chi connectivity index (χ4n) is 2.74. The Bertz CT molecular complexity index is 822. The van der Waals surface area contributed by atoms with Crippen molar-refractivity contribution >= 4 is 33.5 Å². The Hall–Kier alpha value is -1.94. The number of aromatic nitrogens is 3. The first-order chi connectivity index (χ1) is 12.1. The van der Waals surface area contributed by atoms with E-state index in [4.69, 9.17) is 4.74 Å². The molecule has 26 heavy (non-hydrogen) atoms. The number of aliphatic hydroxyl groups excluding tert-OH is 1. The van der Waals surface area contributed by atoms with Crippen molar-refractivity contribution < 1.29 is 19.0 Å². The minimum Gasteiger partial charge on any atom is -0.444 e. The average Bonchev–Trinajstić information content (AvgIpc) is 2.82. The van der Waals surface area contributed by atoms with Crippen LogP contribution in [0.1, 0.15) is 27.2 Å². The molecule has 2 aromatic rings. The molecule has 0 aromatic carbocycles. The van der Waals surface area contributed by atoms with Gasteiger partial charge in [0.1, 0.15) is 15.7 Å². The first kappa shape index (κ1) is 18.8. The highest BCUT2D eigenvalue weighted by Gasteiger charge is 2.33. The first-order valence-corrected chi connectivity index (χ1v) is 9.05. The standard InChI is InChI=1S/C16H21BrFN5O3/c1-16(2,3)26-15(25)22-5-4-10(12(24)8-22)20-14-19-7-11-9(18)6-13(17)23(11)21-14/h6-7,10,12,24H,4-5,8H2,1-3H3,(H,20,21)/t10-,12-/m1/s1. The lowest BCUT2D eigenvalue weighted by Crippen LogP contribution is -2.52. The van der Waals surface area contributed by atoms with Crippen LogP contribution in [0.15, 0.2) is 16.9 Å². The molecular formula is C16H21BrFN5O3. The number of anilines is 1. The van der Waals surface area contributed by atoms with Gasteiger partial charge in [0.05, 0.1) is 24.9 Å². The van der Waals surface area contributed by atoms with Gasteiger partial charge in [0.15, 0.2) is 5.82 Å². The summed E-state index contributed by atoms with van der Waals surface area (Å²) < 4.78 is 20.8. The summed E-state index contributed by atoms with van der Waals surface area (Å²) in [7, 11) is 0. The molecule has 0 saturated carbocycles. The topological polar surface area (TPSA) is 92.0 Å². The molecule has 10 heteroatoms. The quantitative estimate of drug-likeness (QED) is 0.761. The Morgan fingerprint density at radius 3 is 2.88 bits per heavy atom. The van der Waals surface area contributed by atoms with Gasteiger partial charge in [-0.1, -0.05) is 0 Å². The average molecular weight is 430 g/mol. The van der Waals surface area contributed by atoms with Crippen molar-refractivity contribution in [2.45, 2.75) is 44.9 Å². The van der Waals surface area contributed by atoms with Gasteiger partial charge in [-0.25, -0.2) is 18.7 Å². The molecule has 0 aliphatic carbocycles. The molecule has 0 radical (unpaired) electrons. The Balaban J connectivity index is 1.65. The second-order valence-electron chi connectivity index (χ2n) is 7.23. The third kappa shape index (κ3) is 4.07. The number of amides is 1. The molecule has 1 saturated heterocycles. The van der Waals surface area contributed by atoms with Gasteiger partial charge < -0.3 is 20.1 Å². The summed E-state index contributed by atoms with van der Waals surface area (Å²) in [4.78, 5) is 17.7. The third-order valence-electron chi connectivity index (χ3n) is 3.97. The predicted molar refractivity (Wildman–Crippen MR) is 96.5 cm³/mol. The first-order valence-electron chi connectivity index (χ1n) is 8.26. The minimum atomic E-state index is -0.805. The number of likely N-dealkylation sites (tertiary alicyclic amines) is 1. The number of β-amino-alcohol motifs (C(OH)–C–C–N with tert-alkyl or cyclic N) is 1. The monoisotopic (exact) mass is 429 g/mol. The van der Waals surface area contributed by atoms with E-state index in [1.165, 1.54) is 21.7 Å². The normalized spacial score (nSPS) is 21.1. The van der Waals surface area contributed by atoms with E-state index in [0.29, 0.717) is 17.6 Å². The number of hydrogen-bond donors (Lipinski definition) is 2. The molecule has 3 rings (SSSR count). The van der Waals surface area contributed by atoms with E-state index in [1.54, 1.807) is 20.8 Å². The summed E-state index contributed by atoms with van der Waals surface area (Å²) in [6.45, 7) is 5.98. The maximum Gasteiger partial charge on any atom is 0.410 e. The van der Waals surface area contributed by atoms with Crippen LogP contribution in [-0.2, 0) is 4.74 Å². The van der Waals surface area contributed by atoms with Gasteiger partial charge in [0.2, 0.25) is 5.95 Å². The molecule has 2 aromatic heterocycles. The van der Waals surface area contributed by atoms with Crippen molar-refractivity contribution in [2.24, 2.45) is 0 Å². The summed E-state index contributed by atoms with van der Waals surface area (Å²) in [5, 5.41) is 17.6. The number of fused-ring (bicyclic) bond motifs is 1. The number of nitrogens with zero attached hydrogens (tertiary/aromatic N) is 4. The van der Waals surface area contributed by atoms with Crippen LogP contribution in [0, 0.1) is 5.82 Å². The predicted octanol–water partition coefficient (Wildman–Crippen LogP) is 2.41. The number of ether oxygens (including phenoxy) is 1. The zero-order chi connectivity index (χ0) is 19.1. The van der Waals surface area contributed by atoms with Gasteiger partial charge in [0, 0.05) is 12.6 Å². The number of rotatable bonds is 2. The van der Waals surface area contributed by atoms with Crippen LogP contribution in [-0.4, -0.2) is 61.5 Å². The van der Waals surface area contributed by atoms with Crippen LogP contribution < -0.4 is 5.32 Å². The molecule has 0 bridgehead atoms. The van der Waals surface area contributed by atoms with Crippen molar-refractivity contribution in [3.63, 3.8) is 0 Å². The molecule has 1 fully saturated rings. The molecule has 0 spiro atoms. The highest BCUT2D eigenvalue weighted by molar-refractivity contribution is 9.10. The molecule has 2 atom stereocenters. The summed E-state index contributed by atoms with van der Waals surface area (Å²) in [5.74, 6) is -0.155. The fraction of sp³-hybridized carbons (Fsp3) is 0.562. The minimum absolute atomic E-state index is 0.149. The highest BCUT2D eigenvalue weighted by atomic mass is 79.9. The van der Waals surface area contributed by atoms with Crippen molar-refractivity contribution in [2.75, 3.05) is 18.4 Å². The van der Waals surface area contributed by atoms with Crippen molar-refractivity contribution in [1.82, 2.24) is 19.5 Å². The van der Waals surface area contributed by atoms with E-state index in [1.807, 2.05) is 0 Å². The number of nitrogens with one attached hydrogen (secondary N) is 1. The largest absolute Gasteiger partial charge is 0.444 e. The van der Waals surface area contributed by atoms with Crippen LogP contribution >= 0.6 is 15.9 Å². The van der Waals surface area contributed by atoms with Gasteiger partial charge in [-0.05, 0) is 43.1 Å². The Morgan fingerprint density at radius 2 is 2.23 bits per heavy atom. The lowest BCUT2D eigenvalue weighted by molar-refractivity contribution is 0.00113. The molecule has 1 aliphatic heterocycles. The number of piperidine rings is 1. The molecule has 142 valence electrons. The number of hydrogen-bond acceptors (Lipinski definition) is 6. The zero-order valence-electron chi connectivity index (χ0n) is 14.7. The molecular weight excluding hydrogens is 409 g/mol. The van der Waals surface area contributed by atoms with Crippen molar-refractivity contribution in [3.8, 4) is 0 Å². The second-order valence-corrected chi connectivity index (χ2v) is 8.04. The fourth-order valence-corrected chi connectivity index (χ4v) is 3.21. The van der Waals surface area contributed by atoms with Crippen LogP contribution in [0.25, 0.3) is 5.52 Å². The summed E-state index contributed by atoms with van der Waals surface area (Å²) in [5.41, 5.74) is -0.331. The maximum absolute atomic E-state index is 13.7.